The summed E-state index contributed by atoms with van der Waals surface area (Å²) in [6.07, 6.45) is 2.24. The Balaban J connectivity index is 4.49. The average molecular weight is 294 g/mol. The Morgan fingerprint density at radius 3 is 1.94 bits per heavy atom. The van der Waals surface area contributed by atoms with Gasteiger partial charge in [0.05, 0.1) is 0 Å². The molecule has 0 aromatic carbocycles. The van der Waals surface area contributed by atoms with E-state index in [2.05, 4.69) is 32.3 Å². The van der Waals surface area contributed by atoms with Gasteiger partial charge in [-0.3, -0.25) is 0 Å². The van der Waals surface area contributed by atoms with Crippen LogP contribution in [0.3, 0.4) is 0 Å². The maximum absolute atomic E-state index is 5.72. The summed E-state index contributed by atoms with van der Waals surface area (Å²) in [4.78, 5) is 0. The second kappa shape index (κ2) is 9.22. The summed E-state index contributed by atoms with van der Waals surface area (Å²) in [7, 11) is 3.18. The van der Waals surface area contributed by atoms with Crippen molar-refractivity contribution >= 4 is 17.8 Å². The Bertz CT molecular complexity index is 213. The van der Waals surface area contributed by atoms with Gasteiger partial charge in [-0.05, 0) is 31.6 Å². The second-order valence-corrected chi connectivity index (χ2v) is 11.6. The molecule has 0 aliphatic rings. The molecule has 4 nitrogen and oxygen atoms in total. The average Bonchev–Trinajstić information content (AvgIpc) is 2.39. The van der Waals surface area contributed by atoms with Crippen LogP contribution in [-0.2, 0) is 13.9 Å². The Kier molecular flexibility index (Phi) is 9.36. The molecular formula is C12H31NO3Si2. The number of hydrogen-bond donors (Lipinski definition) is 1. The van der Waals surface area contributed by atoms with Gasteiger partial charge in [0, 0.05) is 27.0 Å². The summed E-state index contributed by atoms with van der Waals surface area (Å²) in [6, 6.07) is 0. The lowest BCUT2D eigenvalue weighted by Gasteiger charge is -2.34. The van der Waals surface area contributed by atoms with Crippen LogP contribution in [0.1, 0.15) is 26.7 Å². The Morgan fingerprint density at radius 1 is 1.06 bits per heavy atom. The van der Waals surface area contributed by atoms with Gasteiger partial charge in [-0.2, -0.15) is 0 Å². The largest absolute Gasteiger partial charge is 0.419 e. The smallest absolute Gasteiger partial charge is 0.202 e. The molecule has 18 heavy (non-hydrogen) atoms. The van der Waals surface area contributed by atoms with Crippen molar-refractivity contribution in [3.63, 3.8) is 0 Å². The molecule has 0 spiro atoms. The van der Waals surface area contributed by atoms with Crippen molar-refractivity contribution in [2.45, 2.75) is 57.0 Å². The first-order chi connectivity index (χ1) is 8.44. The molecular weight excluding hydrogens is 262 g/mol. The van der Waals surface area contributed by atoms with Crippen LogP contribution in [0.5, 0.6) is 0 Å². The molecule has 0 saturated heterocycles. The molecule has 0 aliphatic carbocycles. The van der Waals surface area contributed by atoms with Crippen LogP contribution < -0.4 is 5.32 Å². The van der Waals surface area contributed by atoms with E-state index in [4.69, 9.17) is 13.9 Å². The first-order valence-electron chi connectivity index (χ1n) is 6.81. The quantitative estimate of drug-likeness (QED) is 0.486. The molecule has 6 heteroatoms. The van der Waals surface area contributed by atoms with Crippen LogP contribution in [0.25, 0.3) is 0 Å². The van der Waals surface area contributed by atoms with Crippen LogP contribution in [-0.4, -0.2) is 56.4 Å². The Hall–Kier alpha value is 0.274. The van der Waals surface area contributed by atoms with Crippen molar-refractivity contribution < 1.29 is 13.9 Å². The van der Waals surface area contributed by atoms with Crippen LogP contribution in [0.4, 0.5) is 0 Å². The minimum absolute atomic E-state index is 0.00674. The van der Waals surface area contributed by atoms with E-state index >= 15 is 0 Å². The molecule has 110 valence electrons. The predicted octanol–water partition coefficient (Wildman–Crippen LogP) is 1.23. The minimum atomic E-state index is -1.63. The highest BCUT2D eigenvalue weighted by atomic mass is 28.4. The van der Waals surface area contributed by atoms with Crippen molar-refractivity contribution in [2.75, 3.05) is 21.3 Å². The molecule has 0 aliphatic heterocycles. The van der Waals surface area contributed by atoms with Crippen molar-refractivity contribution in [1.82, 2.24) is 5.32 Å². The van der Waals surface area contributed by atoms with Gasteiger partial charge in [0.1, 0.15) is 15.4 Å². The summed E-state index contributed by atoms with van der Waals surface area (Å²) in [6.45, 7) is 8.99. The zero-order chi connectivity index (χ0) is 14.2. The molecule has 0 bridgehead atoms. The fourth-order valence-electron chi connectivity index (χ4n) is 2.11. The standard InChI is InChI=1S/C12H31NO3Si2/c1-8-10(17-12(14-3)15-4)13-11(9-2)18(6,7)16-5/h10-13H,8-9,17H2,1-7H3. The molecule has 2 atom stereocenters. The first-order valence-corrected chi connectivity index (χ1v) is 11.4. The van der Waals surface area contributed by atoms with Crippen LogP contribution in [0, 0.1) is 0 Å². The third-order valence-corrected chi connectivity index (χ3v) is 9.45. The Labute approximate surface area is 116 Å². The lowest BCUT2D eigenvalue weighted by atomic mass is 10.4. The molecule has 2 unspecified atom stereocenters. The maximum Gasteiger partial charge on any atom is 0.202 e. The predicted molar refractivity (Wildman–Crippen MR) is 82.1 cm³/mol. The van der Waals surface area contributed by atoms with Crippen molar-refractivity contribution in [3.05, 3.63) is 0 Å². The molecule has 0 saturated carbocycles. The fraction of sp³-hybridized carbons (Fsp3) is 1.00. The summed E-state index contributed by atoms with van der Waals surface area (Å²) in [5, 5.41) is 3.78. The van der Waals surface area contributed by atoms with E-state index in [0.29, 0.717) is 11.3 Å². The Morgan fingerprint density at radius 2 is 1.61 bits per heavy atom. The zero-order valence-corrected chi connectivity index (χ0v) is 15.5. The second-order valence-electron chi connectivity index (χ2n) is 5.18. The summed E-state index contributed by atoms with van der Waals surface area (Å²) < 4.78 is 16.4. The number of rotatable bonds is 10. The number of nitrogens with one attached hydrogen (secondary N) is 1. The zero-order valence-electron chi connectivity index (χ0n) is 13.1. The molecule has 0 heterocycles. The van der Waals surface area contributed by atoms with Gasteiger partial charge in [-0.25, -0.2) is 0 Å². The molecule has 0 fully saturated rings. The lowest BCUT2D eigenvalue weighted by molar-refractivity contribution is -0.0451. The van der Waals surface area contributed by atoms with E-state index in [9.17, 15) is 0 Å². The lowest BCUT2D eigenvalue weighted by Crippen LogP contribution is -2.57. The molecule has 0 aromatic rings. The first kappa shape index (κ1) is 18.3. The van der Waals surface area contributed by atoms with Crippen molar-refractivity contribution in [2.24, 2.45) is 0 Å². The van der Waals surface area contributed by atoms with Gasteiger partial charge < -0.3 is 19.2 Å². The van der Waals surface area contributed by atoms with E-state index in [1.54, 1.807) is 14.2 Å². The molecule has 0 rings (SSSR count). The van der Waals surface area contributed by atoms with Crippen LogP contribution in [0.2, 0.25) is 13.1 Å². The topological polar surface area (TPSA) is 39.7 Å². The van der Waals surface area contributed by atoms with Gasteiger partial charge in [-0.1, -0.05) is 13.8 Å². The van der Waals surface area contributed by atoms with Gasteiger partial charge in [0.25, 0.3) is 0 Å². The third kappa shape index (κ3) is 5.94. The monoisotopic (exact) mass is 293 g/mol. The number of ether oxygens (including phenoxy) is 2. The summed E-state index contributed by atoms with van der Waals surface area (Å²) in [5.74, 6) is 0.00674. The summed E-state index contributed by atoms with van der Waals surface area (Å²) in [5.41, 5.74) is 1.04. The van der Waals surface area contributed by atoms with Gasteiger partial charge >= 0.3 is 0 Å². The highest BCUT2D eigenvalue weighted by molar-refractivity contribution is 6.72. The van der Waals surface area contributed by atoms with Gasteiger partial charge in [-0.15, -0.1) is 0 Å². The van der Waals surface area contributed by atoms with Crippen LogP contribution >= 0.6 is 0 Å². The van der Waals surface area contributed by atoms with E-state index in [0.717, 1.165) is 12.8 Å². The maximum atomic E-state index is 5.72. The fourth-order valence-corrected chi connectivity index (χ4v) is 5.85. The summed E-state index contributed by atoms with van der Waals surface area (Å²) >= 11 is 0. The normalized spacial score (nSPS) is 16.7. The van der Waals surface area contributed by atoms with E-state index in [1.165, 1.54) is 0 Å². The van der Waals surface area contributed by atoms with E-state index < -0.39 is 17.8 Å². The van der Waals surface area contributed by atoms with Gasteiger partial charge in [0.15, 0.2) is 0 Å². The third-order valence-electron chi connectivity index (χ3n) is 3.71. The highest BCUT2D eigenvalue weighted by Crippen LogP contribution is 2.13. The SMILES string of the molecule is CCC(NC(CC)[Si](C)(C)OC)[SiH2]C(OC)OC. The molecule has 1 N–H and O–H groups in total. The molecule has 0 radical (unpaired) electrons. The number of hydrogen-bond acceptors (Lipinski definition) is 4. The van der Waals surface area contributed by atoms with Gasteiger partial charge in [0.2, 0.25) is 8.32 Å². The molecule has 0 aromatic heterocycles. The van der Waals surface area contributed by atoms with Crippen molar-refractivity contribution in [3.8, 4) is 0 Å². The van der Waals surface area contributed by atoms with Crippen LogP contribution in [0.15, 0.2) is 0 Å². The number of methoxy groups -OCH3 is 2. The highest BCUT2D eigenvalue weighted by Gasteiger charge is 2.33. The van der Waals surface area contributed by atoms with E-state index in [-0.39, 0.29) is 5.91 Å². The molecule has 0 amide bonds. The van der Waals surface area contributed by atoms with Crippen molar-refractivity contribution in [1.29, 1.82) is 0 Å². The minimum Gasteiger partial charge on any atom is -0.419 e. The van der Waals surface area contributed by atoms with E-state index in [1.807, 2.05) is 7.11 Å².